The van der Waals surface area contributed by atoms with Gasteiger partial charge in [0.05, 0.1) is 6.61 Å². The van der Waals surface area contributed by atoms with E-state index >= 15 is 0 Å². The normalized spacial score (nSPS) is 15.5. The molecule has 0 bridgehead atoms. The van der Waals surface area contributed by atoms with Gasteiger partial charge in [-0.2, -0.15) is 0 Å². The van der Waals surface area contributed by atoms with Gasteiger partial charge in [0.2, 0.25) is 0 Å². The summed E-state index contributed by atoms with van der Waals surface area (Å²) in [5, 5.41) is 2.33. The molecule has 1 aliphatic rings. The van der Waals surface area contributed by atoms with Gasteiger partial charge in [-0.1, -0.05) is 18.2 Å². The Morgan fingerprint density at radius 3 is 2.67 bits per heavy atom. The maximum absolute atomic E-state index is 11.5. The summed E-state index contributed by atoms with van der Waals surface area (Å²) < 4.78 is 10.5. The predicted octanol–water partition coefficient (Wildman–Crippen LogP) is 2.53. The molecule has 5 nitrogen and oxygen atoms in total. The predicted molar refractivity (Wildman–Crippen MR) is 95.8 cm³/mol. The van der Waals surface area contributed by atoms with Crippen LogP contribution in [0.5, 0.6) is 5.75 Å². The van der Waals surface area contributed by atoms with Gasteiger partial charge in [-0.05, 0) is 37.6 Å². The van der Waals surface area contributed by atoms with Crippen molar-refractivity contribution in [3.63, 3.8) is 0 Å². The number of carbonyl (C=O) groups is 1. The maximum Gasteiger partial charge on any atom is 0.344 e. The van der Waals surface area contributed by atoms with Gasteiger partial charge in [-0.25, -0.2) is 4.79 Å². The van der Waals surface area contributed by atoms with Gasteiger partial charge < -0.3 is 19.3 Å². The lowest BCUT2D eigenvalue weighted by molar-refractivity contribution is -0.145. The molecule has 0 spiro atoms. The molecule has 5 heteroatoms. The topological polar surface area (TPSA) is 42.0 Å². The smallest absolute Gasteiger partial charge is 0.344 e. The van der Waals surface area contributed by atoms with Crippen LogP contribution < -0.4 is 9.64 Å². The molecule has 0 atom stereocenters. The second-order valence-electron chi connectivity index (χ2n) is 6.04. The molecular weight excluding hydrogens is 304 g/mol. The zero-order valence-electron chi connectivity index (χ0n) is 14.3. The number of piperazine rings is 1. The van der Waals surface area contributed by atoms with Crippen LogP contribution in [0.25, 0.3) is 10.8 Å². The lowest BCUT2D eigenvalue weighted by Gasteiger charge is -2.34. The van der Waals surface area contributed by atoms with Gasteiger partial charge in [0.25, 0.3) is 0 Å². The van der Waals surface area contributed by atoms with E-state index in [4.69, 9.17) is 9.47 Å². The van der Waals surface area contributed by atoms with E-state index in [0.29, 0.717) is 12.4 Å². The molecule has 2 aromatic rings. The van der Waals surface area contributed by atoms with Crippen LogP contribution in [-0.2, 0) is 9.53 Å². The maximum atomic E-state index is 11.5. The van der Waals surface area contributed by atoms with Crippen molar-refractivity contribution >= 4 is 22.4 Å². The van der Waals surface area contributed by atoms with Crippen molar-refractivity contribution in [3.05, 3.63) is 36.4 Å². The summed E-state index contributed by atoms with van der Waals surface area (Å²) in [4.78, 5) is 16.2. The summed E-state index contributed by atoms with van der Waals surface area (Å²) in [5.41, 5.74) is 1.22. The highest BCUT2D eigenvalue weighted by molar-refractivity contribution is 5.95. The Morgan fingerprint density at radius 1 is 1.12 bits per heavy atom. The van der Waals surface area contributed by atoms with Crippen LogP contribution in [0, 0.1) is 0 Å². The Kier molecular flexibility index (Phi) is 5.20. The molecule has 0 N–H and O–H groups in total. The van der Waals surface area contributed by atoms with E-state index in [2.05, 4.69) is 35.0 Å². The first-order valence-electron chi connectivity index (χ1n) is 8.42. The van der Waals surface area contributed by atoms with Gasteiger partial charge in [0.15, 0.2) is 6.61 Å². The molecule has 1 saturated heterocycles. The van der Waals surface area contributed by atoms with Crippen molar-refractivity contribution in [2.24, 2.45) is 0 Å². The molecule has 1 aliphatic heterocycles. The number of hydrogen-bond acceptors (Lipinski definition) is 5. The Morgan fingerprint density at radius 2 is 1.92 bits per heavy atom. The highest BCUT2D eigenvalue weighted by Gasteiger charge is 2.16. The number of fused-ring (bicyclic) bond motifs is 1. The van der Waals surface area contributed by atoms with E-state index in [0.717, 1.165) is 31.6 Å². The van der Waals surface area contributed by atoms with Crippen molar-refractivity contribution in [3.8, 4) is 5.75 Å². The van der Waals surface area contributed by atoms with E-state index in [-0.39, 0.29) is 12.6 Å². The number of hydrogen-bond donors (Lipinski definition) is 0. The zero-order chi connectivity index (χ0) is 16.9. The standard InChI is InChI=1S/C19H24N2O3/c1-3-23-19(22)14-24-16-8-7-15-5-4-6-18(17(15)13-16)21-11-9-20(2)10-12-21/h4-8,13H,3,9-12,14H2,1-2H3. The molecule has 0 amide bonds. The van der Waals surface area contributed by atoms with Crippen molar-refractivity contribution in [2.45, 2.75) is 6.92 Å². The van der Waals surface area contributed by atoms with Crippen molar-refractivity contribution in [1.29, 1.82) is 0 Å². The Balaban J connectivity index is 1.82. The lowest BCUT2D eigenvalue weighted by atomic mass is 10.1. The van der Waals surface area contributed by atoms with Crippen LogP contribution in [0.3, 0.4) is 0 Å². The summed E-state index contributed by atoms with van der Waals surface area (Å²) in [6.45, 7) is 6.26. The van der Waals surface area contributed by atoms with Crippen molar-refractivity contribution in [2.75, 3.05) is 51.3 Å². The molecule has 1 fully saturated rings. The minimum Gasteiger partial charge on any atom is -0.482 e. The molecule has 0 aliphatic carbocycles. The van der Waals surface area contributed by atoms with E-state index in [1.54, 1.807) is 6.92 Å². The number of esters is 1. The van der Waals surface area contributed by atoms with E-state index in [9.17, 15) is 4.79 Å². The van der Waals surface area contributed by atoms with Crippen LogP contribution in [-0.4, -0.2) is 57.3 Å². The first-order valence-corrected chi connectivity index (χ1v) is 8.42. The fraction of sp³-hybridized carbons (Fsp3) is 0.421. The number of nitrogens with zero attached hydrogens (tertiary/aromatic N) is 2. The fourth-order valence-corrected chi connectivity index (χ4v) is 2.99. The van der Waals surface area contributed by atoms with E-state index in [1.165, 1.54) is 11.1 Å². The number of rotatable bonds is 5. The highest BCUT2D eigenvalue weighted by Crippen LogP contribution is 2.30. The van der Waals surface area contributed by atoms with Crippen LogP contribution in [0.2, 0.25) is 0 Å². The average Bonchev–Trinajstić information content (AvgIpc) is 2.60. The van der Waals surface area contributed by atoms with E-state index < -0.39 is 0 Å². The van der Waals surface area contributed by atoms with Crippen molar-refractivity contribution in [1.82, 2.24) is 4.90 Å². The molecule has 128 valence electrons. The third-order valence-electron chi connectivity index (χ3n) is 4.34. The highest BCUT2D eigenvalue weighted by atomic mass is 16.6. The SMILES string of the molecule is CCOC(=O)COc1ccc2cccc(N3CCN(C)CC3)c2c1. The second-order valence-corrected chi connectivity index (χ2v) is 6.04. The first-order chi connectivity index (χ1) is 11.7. The number of benzene rings is 2. The van der Waals surface area contributed by atoms with Crippen LogP contribution in [0.1, 0.15) is 6.92 Å². The minimum atomic E-state index is -0.343. The van der Waals surface area contributed by atoms with Gasteiger partial charge in [-0.15, -0.1) is 0 Å². The van der Waals surface area contributed by atoms with Crippen LogP contribution in [0.4, 0.5) is 5.69 Å². The summed E-state index contributed by atoms with van der Waals surface area (Å²) in [7, 11) is 2.15. The average molecular weight is 328 g/mol. The van der Waals surface area contributed by atoms with Crippen LogP contribution >= 0.6 is 0 Å². The molecular formula is C19H24N2O3. The largest absolute Gasteiger partial charge is 0.482 e. The fourth-order valence-electron chi connectivity index (χ4n) is 2.99. The van der Waals surface area contributed by atoms with Gasteiger partial charge in [-0.3, -0.25) is 0 Å². The third kappa shape index (κ3) is 3.79. The molecule has 1 heterocycles. The van der Waals surface area contributed by atoms with Gasteiger partial charge >= 0.3 is 5.97 Å². The monoisotopic (exact) mass is 328 g/mol. The Hall–Kier alpha value is -2.27. The van der Waals surface area contributed by atoms with Crippen molar-refractivity contribution < 1.29 is 14.3 Å². The molecule has 0 radical (unpaired) electrons. The molecule has 0 aromatic heterocycles. The summed E-state index contributed by atoms with van der Waals surface area (Å²) in [5.74, 6) is 0.349. The lowest BCUT2D eigenvalue weighted by Crippen LogP contribution is -2.44. The third-order valence-corrected chi connectivity index (χ3v) is 4.34. The number of anilines is 1. The van der Waals surface area contributed by atoms with E-state index in [1.807, 2.05) is 18.2 Å². The number of carbonyl (C=O) groups excluding carboxylic acids is 1. The molecule has 0 unspecified atom stereocenters. The Labute approximate surface area is 142 Å². The van der Waals surface area contributed by atoms with Gasteiger partial charge in [0.1, 0.15) is 5.75 Å². The summed E-state index contributed by atoms with van der Waals surface area (Å²) >= 11 is 0. The quantitative estimate of drug-likeness (QED) is 0.789. The molecule has 0 saturated carbocycles. The minimum absolute atomic E-state index is 0.0595. The summed E-state index contributed by atoms with van der Waals surface area (Å²) in [6, 6.07) is 12.3. The number of likely N-dealkylation sites (N-methyl/N-ethyl adjacent to an activating group) is 1. The van der Waals surface area contributed by atoms with Crippen LogP contribution in [0.15, 0.2) is 36.4 Å². The molecule has 3 rings (SSSR count). The molecule has 2 aromatic carbocycles. The molecule has 24 heavy (non-hydrogen) atoms. The number of ether oxygens (including phenoxy) is 2. The van der Waals surface area contributed by atoms with Gasteiger partial charge in [0, 0.05) is 37.3 Å². The first kappa shape index (κ1) is 16.6. The second kappa shape index (κ2) is 7.53. The summed E-state index contributed by atoms with van der Waals surface area (Å²) in [6.07, 6.45) is 0. The zero-order valence-corrected chi connectivity index (χ0v) is 14.3. The Bertz CT molecular complexity index is 709.